The van der Waals surface area contributed by atoms with Crippen LogP contribution in [0.1, 0.15) is 19.8 Å². The molecule has 158 valence electrons. The van der Waals surface area contributed by atoms with E-state index in [1.165, 1.54) is 6.42 Å². The predicted molar refractivity (Wildman–Crippen MR) is 136 cm³/mol. The van der Waals surface area contributed by atoms with Crippen LogP contribution in [0.15, 0.2) is 0 Å². The molecular formula is C16H42Cl3NOSi5. The Hall–Kier alpha value is 1.87. The standard InChI is InChI=1S/C16H42Cl3NOSi5/c1-12-16(20(22(2,3)4)23(5,6)7)25(10,11)21-24(8,9)14-13-15-26(17,18)19/h16H,12-15H2,1-11H3. The molecule has 0 aromatic rings. The second-order valence-electron chi connectivity index (χ2n) is 10.6. The third-order valence-electron chi connectivity index (χ3n) is 4.72. The smallest absolute Gasteiger partial charge is 0.341 e. The molecule has 0 aromatic heterocycles. The minimum absolute atomic E-state index is 0.593. The number of nitrogens with zero attached hydrogens (tertiary/aromatic N) is 1. The Kier molecular flexibility index (Phi) is 10.5. The fourth-order valence-corrected chi connectivity index (χ4v) is 30.4. The van der Waals surface area contributed by atoms with Gasteiger partial charge in [0.15, 0.2) is 16.6 Å². The highest BCUT2D eigenvalue weighted by molar-refractivity contribution is 7.64. The lowest BCUT2D eigenvalue weighted by atomic mass is 10.5. The molecule has 0 N–H and O–H groups in total. The van der Waals surface area contributed by atoms with Gasteiger partial charge < -0.3 is 8.35 Å². The molecular weight excluding hydrogens is 469 g/mol. The first-order chi connectivity index (χ1) is 11.2. The van der Waals surface area contributed by atoms with Crippen molar-refractivity contribution in [1.29, 1.82) is 0 Å². The highest BCUT2D eigenvalue weighted by Crippen LogP contribution is 2.34. The van der Waals surface area contributed by atoms with Crippen molar-refractivity contribution in [2.75, 3.05) is 0 Å². The van der Waals surface area contributed by atoms with Crippen LogP contribution in [0.3, 0.4) is 0 Å². The summed E-state index contributed by atoms with van der Waals surface area (Å²) in [5.41, 5.74) is 0.593. The first-order valence-corrected chi connectivity index (χ1v) is 28.0. The number of rotatable bonds is 11. The van der Waals surface area contributed by atoms with Crippen molar-refractivity contribution in [1.82, 2.24) is 4.23 Å². The topological polar surface area (TPSA) is 12.5 Å². The van der Waals surface area contributed by atoms with Crippen molar-refractivity contribution >= 4 is 72.3 Å². The third kappa shape index (κ3) is 10.1. The van der Waals surface area contributed by atoms with E-state index in [2.05, 4.69) is 76.6 Å². The second kappa shape index (κ2) is 9.79. The van der Waals surface area contributed by atoms with Crippen molar-refractivity contribution in [3.05, 3.63) is 0 Å². The fourth-order valence-electron chi connectivity index (χ4n) is 4.47. The molecule has 1 unspecified atom stereocenters. The minimum Gasteiger partial charge on any atom is -0.454 e. The number of halogens is 3. The minimum atomic E-state index is -2.51. The quantitative estimate of drug-likeness (QED) is 0.208. The Balaban J connectivity index is 5.40. The SMILES string of the molecule is CCC(N([Si](C)(C)C)[Si](C)(C)C)[Si](C)(C)O[Si](C)(C)CCC[Si](Cl)(Cl)Cl. The highest BCUT2D eigenvalue weighted by Gasteiger charge is 2.48. The molecule has 0 aromatic carbocycles. The van der Waals surface area contributed by atoms with E-state index in [0.717, 1.165) is 18.5 Å². The van der Waals surface area contributed by atoms with Crippen LogP contribution in [-0.2, 0) is 4.12 Å². The molecule has 0 heterocycles. The zero-order valence-electron chi connectivity index (χ0n) is 18.9. The van der Waals surface area contributed by atoms with Crippen molar-refractivity contribution in [3.8, 4) is 0 Å². The Labute approximate surface area is 182 Å². The predicted octanol–water partition coefficient (Wildman–Crippen LogP) is 7.75. The van der Waals surface area contributed by atoms with Gasteiger partial charge in [-0.25, -0.2) is 0 Å². The molecule has 0 spiro atoms. The zero-order valence-corrected chi connectivity index (χ0v) is 26.2. The largest absolute Gasteiger partial charge is 0.454 e. The molecule has 0 saturated carbocycles. The summed E-state index contributed by atoms with van der Waals surface area (Å²) in [6.45, 7) is 26.9. The first-order valence-electron chi connectivity index (χ1n) is 9.79. The van der Waals surface area contributed by atoms with Crippen LogP contribution in [0.2, 0.25) is 77.6 Å². The van der Waals surface area contributed by atoms with E-state index < -0.39 is 39.1 Å². The Morgan fingerprint density at radius 2 is 1.19 bits per heavy atom. The van der Waals surface area contributed by atoms with Gasteiger partial charge in [-0.3, -0.25) is 0 Å². The van der Waals surface area contributed by atoms with Gasteiger partial charge in [-0.15, -0.1) is 33.2 Å². The maximum Gasteiger partial charge on any atom is 0.341 e. The maximum atomic E-state index is 7.03. The van der Waals surface area contributed by atoms with E-state index in [1.807, 2.05) is 0 Å². The lowest BCUT2D eigenvalue weighted by Gasteiger charge is -2.54. The van der Waals surface area contributed by atoms with Crippen molar-refractivity contribution in [2.24, 2.45) is 0 Å². The Morgan fingerprint density at radius 3 is 1.50 bits per heavy atom. The molecule has 0 fully saturated rings. The van der Waals surface area contributed by atoms with E-state index in [0.29, 0.717) is 5.67 Å². The van der Waals surface area contributed by atoms with E-state index in [9.17, 15) is 0 Å². The molecule has 0 aliphatic carbocycles. The van der Waals surface area contributed by atoms with Gasteiger partial charge in [-0.05, 0) is 44.7 Å². The van der Waals surface area contributed by atoms with Gasteiger partial charge in [0.1, 0.15) is 16.5 Å². The van der Waals surface area contributed by atoms with Crippen LogP contribution < -0.4 is 0 Å². The fraction of sp³-hybridized carbons (Fsp3) is 1.00. The first kappa shape index (κ1) is 27.9. The molecule has 0 rings (SSSR count). The summed E-state index contributed by atoms with van der Waals surface area (Å²) in [7, 11) is -6.49. The van der Waals surface area contributed by atoms with Crippen molar-refractivity contribution in [3.63, 3.8) is 0 Å². The van der Waals surface area contributed by atoms with E-state index in [-0.39, 0.29) is 0 Å². The van der Waals surface area contributed by atoms with E-state index in [4.69, 9.17) is 37.4 Å². The van der Waals surface area contributed by atoms with Gasteiger partial charge >= 0.3 is 6.00 Å². The lowest BCUT2D eigenvalue weighted by Crippen LogP contribution is -2.70. The van der Waals surface area contributed by atoms with Gasteiger partial charge in [-0.1, -0.05) is 52.6 Å². The van der Waals surface area contributed by atoms with Crippen LogP contribution in [-0.4, -0.2) is 49.0 Å². The van der Waals surface area contributed by atoms with Crippen LogP contribution in [0, 0.1) is 0 Å². The summed E-state index contributed by atoms with van der Waals surface area (Å²) < 4.78 is 9.99. The maximum absolute atomic E-state index is 7.03. The molecule has 10 heteroatoms. The van der Waals surface area contributed by atoms with Gasteiger partial charge in [0.25, 0.3) is 0 Å². The summed E-state index contributed by atoms with van der Waals surface area (Å²) in [4.78, 5) is 0. The Morgan fingerprint density at radius 1 is 0.769 bits per heavy atom. The van der Waals surface area contributed by atoms with E-state index >= 15 is 0 Å². The average molecular weight is 511 g/mol. The van der Waals surface area contributed by atoms with Gasteiger partial charge in [0.2, 0.25) is 0 Å². The molecule has 1 atom stereocenters. The van der Waals surface area contributed by atoms with Crippen molar-refractivity contribution in [2.45, 2.75) is 103 Å². The molecule has 2 nitrogen and oxygen atoms in total. The lowest BCUT2D eigenvalue weighted by molar-refractivity contribution is 0.439. The average Bonchev–Trinajstić information content (AvgIpc) is 2.28. The normalized spacial score (nSPS) is 16.3. The number of hydrogen-bond donors (Lipinski definition) is 0. The summed E-state index contributed by atoms with van der Waals surface area (Å²) in [6, 6.07) is -0.688. The molecule has 0 bridgehead atoms. The monoisotopic (exact) mass is 509 g/mol. The molecule has 0 aliphatic rings. The van der Waals surface area contributed by atoms with Gasteiger partial charge in [0.05, 0.1) is 0 Å². The number of hydrogen-bond acceptors (Lipinski definition) is 2. The summed E-state index contributed by atoms with van der Waals surface area (Å²) in [6.07, 6.45) is 2.16. The van der Waals surface area contributed by atoms with Gasteiger partial charge in [0, 0.05) is 5.67 Å². The molecule has 0 aliphatic heterocycles. The van der Waals surface area contributed by atoms with Crippen LogP contribution >= 0.6 is 33.2 Å². The van der Waals surface area contributed by atoms with Crippen LogP contribution in [0.4, 0.5) is 0 Å². The third-order valence-corrected chi connectivity index (χ3v) is 23.5. The summed E-state index contributed by atoms with van der Waals surface area (Å²) in [5, 5.41) is 0. The van der Waals surface area contributed by atoms with Crippen molar-refractivity contribution < 1.29 is 4.12 Å². The van der Waals surface area contributed by atoms with Gasteiger partial charge in [-0.2, -0.15) is 0 Å². The van der Waals surface area contributed by atoms with Crippen LogP contribution in [0.5, 0.6) is 0 Å². The highest BCUT2D eigenvalue weighted by atomic mass is 35.8. The molecule has 0 saturated heterocycles. The Bertz CT molecular complexity index is 431. The molecule has 0 amide bonds. The molecule has 0 radical (unpaired) electrons. The summed E-state index contributed by atoms with van der Waals surface area (Å²) >= 11 is 18.2. The second-order valence-corrected chi connectivity index (χ2v) is 38.7. The molecule has 26 heavy (non-hydrogen) atoms. The van der Waals surface area contributed by atoms with E-state index in [1.54, 1.807) is 0 Å². The zero-order chi connectivity index (χ0) is 21.2. The summed E-state index contributed by atoms with van der Waals surface area (Å²) in [5.74, 6) is 0. The van der Waals surface area contributed by atoms with Crippen LogP contribution in [0.25, 0.3) is 0 Å².